The van der Waals surface area contributed by atoms with Crippen LogP contribution in [0.2, 0.25) is 0 Å². The number of hydrogen-bond acceptors (Lipinski definition) is 2. The molecule has 1 fully saturated rings. The Balaban J connectivity index is 2.05. The second-order valence-electron chi connectivity index (χ2n) is 5.18. The molecule has 2 nitrogen and oxygen atoms in total. The summed E-state index contributed by atoms with van der Waals surface area (Å²) < 4.78 is 32.7. The fraction of sp³-hybridized carbons (Fsp3) is 0.571. The van der Waals surface area contributed by atoms with Gasteiger partial charge in [-0.3, -0.25) is 0 Å². The first kappa shape index (κ1) is 13.3. The molecule has 2 N–H and O–H groups in total. The van der Waals surface area contributed by atoms with Gasteiger partial charge in [0.15, 0.2) is 17.4 Å². The average molecular weight is 255 g/mol. The van der Waals surface area contributed by atoms with Crippen LogP contribution in [0.15, 0.2) is 12.1 Å². The predicted octanol–water partition coefficient (Wildman–Crippen LogP) is 3.03. The predicted molar refractivity (Wildman–Crippen MR) is 66.5 cm³/mol. The molecule has 1 unspecified atom stereocenters. The van der Waals surface area contributed by atoms with Gasteiger partial charge in [0.25, 0.3) is 0 Å². The first-order chi connectivity index (χ1) is 8.56. The van der Waals surface area contributed by atoms with Crippen molar-refractivity contribution >= 4 is 0 Å². The molecule has 1 atom stereocenters. The summed E-state index contributed by atoms with van der Waals surface area (Å²) in [5.74, 6) is -1.07. The third-order valence-corrected chi connectivity index (χ3v) is 3.30. The van der Waals surface area contributed by atoms with Crippen molar-refractivity contribution in [2.45, 2.75) is 38.6 Å². The topological polar surface area (TPSA) is 35.2 Å². The van der Waals surface area contributed by atoms with E-state index in [1.165, 1.54) is 18.6 Å². The second-order valence-corrected chi connectivity index (χ2v) is 5.18. The van der Waals surface area contributed by atoms with Crippen molar-refractivity contribution in [2.24, 2.45) is 11.7 Å². The highest BCUT2D eigenvalue weighted by molar-refractivity contribution is 5.31. The number of benzene rings is 1. The van der Waals surface area contributed by atoms with Crippen molar-refractivity contribution in [3.05, 3.63) is 29.3 Å². The largest absolute Gasteiger partial charge is 0.487 e. The van der Waals surface area contributed by atoms with E-state index < -0.39 is 11.6 Å². The number of ether oxygens (including phenoxy) is 1. The van der Waals surface area contributed by atoms with E-state index in [9.17, 15) is 8.78 Å². The zero-order valence-electron chi connectivity index (χ0n) is 10.6. The summed E-state index contributed by atoms with van der Waals surface area (Å²) in [5.41, 5.74) is 6.18. The van der Waals surface area contributed by atoms with E-state index >= 15 is 0 Å². The Hall–Kier alpha value is -1.16. The standard InChI is InChI=1S/C14H19F2NO/c1-9(17)5-11-6-12(15)14(13(16)7-11)18-8-10-3-2-4-10/h6-7,9-10H,2-5,8,17H2,1H3. The Morgan fingerprint density at radius 2 is 1.94 bits per heavy atom. The van der Waals surface area contributed by atoms with Crippen LogP contribution in [0.5, 0.6) is 5.75 Å². The molecule has 1 aliphatic rings. The van der Waals surface area contributed by atoms with Crippen LogP contribution in [0.4, 0.5) is 8.78 Å². The Kier molecular flexibility index (Phi) is 4.17. The molecule has 0 radical (unpaired) electrons. The molecular weight excluding hydrogens is 236 g/mol. The van der Waals surface area contributed by atoms with Gasteiger partial charge in [0.05, 0.1) is 6.61 Å². The summed E-state index contributed by atoms with van der Waals surface area (Å²) in [6, 6.07) is 2.50. The molecule has 0 amide bonds. The Bertz CT molecular complexity index is 393. The maximum absolute atomic E-state index is 13.7. The highest BCUT2D eigenvalue weighted by atomic mass is 19.1. The molecule has 1 aromatic rings. The van der Waals surface area contributed by atoms with Gasteiger partial charge >= 0.3 is 0 Å². The van der Waals surface area contributed by atoms with Crippen LogP contribution in [0, 0.1) is 17.6 Å². The van der Waals surface area contributed by atoms with Gasteiger partial charge in [-0.1, -0.05) is 6.42 Å². The Morgan fingerprint density at radius 3 is 2.39 bits per heavy atom. The maximum atomic E-state index is 13.7. The molecule has 100 valence electrons. The molecule has 0 aliphatic heterocycles. The fourth-order valence-corrected chi connectivity index (χ4v) is 2.10. The monoisotopic (exact) mass is 255 g/mol. The van der Waals surface area contributed by atoms with Crippen LogP contribution in [-0.2, 0) is 6.42 Å². The maximum Gasteiger partial charge on any atom is 0.190 e. The summed E-state index contributed by atoms with van der Waals surface area (Å²) >= 11 is 0. The first-order valence-electron chi connectivity index (χ1n) is 6.42. The molecule has 4 heteroatoms. The molecule has 0 heterocycles. The lowest BCUT2D eigenvalue weighted by atomic mass is 9.86. The van der Waals surface area contributed by atoms with E-state index in [2.05, 4.69) is 0 Å². The average Bonchev–Trinajstić information content (AvgIpc) is 2.18. The molecule has 2 rings (SSSR count). The van der Waals surface area contributed by atoms with E-state index in [-0.39, 0.29) is 11.8 Å². The van der Waals surface area contributed by atoms with Crippen molar-refractivity contribution in [1.82, 2.24) is 0 Å². The van der Waals surface area contributed by atoms with E-state index in [0.29, 0.717) is 24.5 Å². The summed E-state index contributed by atoms with van der Waals surface area (Å²) in [6.07, 6.45) is 3.82. The highest BCUT2D eigenvalue weighted by Crippen LogP contribution is 2.29. The van der Waals surface area contributed by atoms with E-state index in [4.69, 9.17) is 10.5 Å². The lowest BCUT2D eigenvalue weighted by Crippen LogP contribution is -2.20. The van der Waals surface area contributed by atoms with Gasteiger partial charge in [-0.15, -0.1) is 0 Å². The van der Waals surface area contributed by atoms with Crippen LogP contribution < -0.4 is 10.5 Å². The molecule has 0 spiro atoms. The summed E-state index contributed by atoms with van der Waals surface area (Å²) in [5, 5.41) is 0. The van der Waals surface area contributed by atoms with E-state index in [1.807, 2.05) is 0 Å². The van der Waals surface area contributed by atoms with Crippen molar-refractivity contribution in [3.63, 3.8) is 0 Å². The summed E-state index contributed by atoms with van der Waals surface area (Å²) in [4.78, 5) is 0. The number of rotatable bonds is 5. The fourth-order valence-electron chi connectivity index (χ4n) is 2.10. The molecule has 1 aliphatic carbocycles. The Labute approximate surface area is 106 Å². The number of nitrogens with two attached hydrogens (primary N) is 1. The van der Waals surface area contributed by atoms with E-state index in [0.717, 1.165) is 12.8 Å². The summed E-state index contributed by atoms with van der Waals surface area (Å²) in [7, 11) is 0. The molecule has 0 saturated heterocycles. The molecule has 18 heavy (non-hydrogen) atoms. The van der Waals surface area contributed by atoms with Crippen molar-refractivity contribution in [1.29, 1.82) is 0 Å². The number of halogens is 2. The Morgan fingerprint density at radius 1 is 1.33 bits per heavy atom. The van der Waals surface area contributed by atoms with Crippen molar-refractivity contribution in [3.8, 4) is 5.75 Å². The molecule has 0 bridgehead atoms. The minimum atomic E-state index is -0.634. The highest BCUT2D eigenvalue weighted by Gasteiger charge is 2.20. The van der Waals surface area contributed by atoms with Gasteiger partial charge < -0.3 is 10.5 Å². The van der Waals surface area contributed by atoms with Gasteiger partial charge in [-0.05, 0) is 49.8 Å². The van der Waals surface area contributed by atoms with Crippen LogP contribution in [0.25, 0.3) is 0 Å². The third kappa shape index (κ3) is 3.19. The van der Waals surface area contributed by atoms with Crippen molar-refractivity contribution in [2.75, 3.05) is 6.61 Å². The zero-order valence-corrected chi connectivity index (χ0v) is 10.6. The quantitative estimate of drug-likeness (QED) is 0.877. The van der Waals surface area contributed by atoms with Gasteiger partial charge in [0.1, 0.15) is 0 Å². The SMILES string of the molecule is CC(N)Cc1cc(F)c(OCC2CCC2)c(F)c1. The van der Waals surface area contributed by atoms with Crippen LogP contribution in [-0.4, -0.2) is 12.6 Å². The first-order valence-corrected chi connectivity index (χ1v) is 6.42. The smallest absolute Gasteiger partial charge is 0.190 e. The van der Waals surface area contributed by atoms with E-state index in [1.54, 1.807) is 6.92 Å². The van der Waals surface area contributed by atoms with Gasteiger partial charge in [-0.2, -0.15) is 0 Å². The minimum Gasteiger partial charge on any atom is -0.487 e. The lowest BCUT2D eigenvalue weighted by molar-refractivity contribution is 0.170. The van der Waals surface area contributed by atoms with Gasteiger partial charge in [0.2, 0.25) is 0 Å². The summed E-state index contributed by atoms with van der Waals surface area (Å²) in [6.45, 7) is 2.21. The zero-order chi connectivity index (χ0) is 13.1. The third-order valence-electron chi connectivity index (χ3n) is 3.30. The van der Waals surface area contributed by atoms with Gasteiger partial charge in [0, 0.05) is 6.04 Å². The normalized spacial score (nSPS) is 17.3. The molecule has 0 aromatic heterocycles. The molecule has 1 saturated carbocycles. The molecule has 1 aromatic carbocycles. The van der Waals surface area contributed by atoms with Gasteiger partial charge in [-0.25, -0.2) is 8.78 Å². The van der Waals surface area contributed by atoms with Crippen LogP contribution >= 0.6 is 0 Å². The van der Waals surface area contributed by atoms with Crippen molar-refractivity contribution < 1.29 is 13.5 Å². The molecular formula is C14H19F2NO. The van der Waals surface area contributed by atoms with Crippen LogP contribution in [0.1, 0.15) is 31.7 Å². The van der Waals surface area contributed by atoms with Crippen LogP contribution in [0.3, 0.4) is 0 Å². The second kappa shape index (κ2) is 5.65. The minimum absolute atomic E-state index is 0.120. The lowest BCUT2D eigenvalue weighted by Gasteiger charge is -2.25. The number of hydrogen-bond donors (Lipinski definition) is 1.